The first-order valence-corrected chi connectivity index (χ1v) is 9.14. The van der Waals surface area contributed by atoms with Crippen LogP contribution in [0.3, 0.4) is 0 Å². The molecule has 2 saturated heterocycles. The Morgan fingerprint density at radius 3 is 2.17 bits per heavy atom. The van der Waals surface area contributed by atoms with Crippen molar-refractivity contribution in [1.82, 2.24) is 4.90 Å². The SMILES string of the molecule is O=C1[C@@H]2CCCC[C@H]2C(=O)N1C[NH+]1CCN(c2cc[nH+]cc2)CC1. The number of piperazine rings is 1. The van der Waals surface area contributed by atoms with Crippen molar-refractivity contribution >= 4 is 17.5 Å². The number of imide groups is 1. The number of hydrogen-bond donors (Lipinski definition) is 1. The predicted octanol–water partition coefficient (Wildman–Crippen LogP) is -0.662. The summed E-state index contributed by atoms with van der Waals surface area (Å²) in [6, 6.07) is 4.17. The summed E-state index contributed by atoms with van der Waals surface area (Å²) in [4.78, 5) is 33.5. The minimum Gasteiger partial charge on any atom is -0.360 e. The quantitative estimate of drug-likeness (QED) is 0.749. The van der Waals surface area contributed by atoms with E-state index in [4.69, 9.17) is 0 Å². The lowest BCUT2D eigenvalue weighted by atomic mass is 9.81. The lowest BCUT2D eigenvalue weighted by Crippen LogP contribution is -3.16. The van der Waals surface area contributed by atoms with Crippen LogP contribution in [0.1, 0.15) is 25.7 Å². The molecule has 2 aliphatic heterocycles. The molecule has 4 rings (SSSR count). The summed E-state index contributed by atoms with van der Waals surface area (Å²) >= 11 is 0. The molecule has 0 bridgehead atoms. The van der Waals surface area contributed by atoms with E-state index in [-0.39, 0.29) is 23.7 Å². The Hall–Kier alpha value is -1.95. The first-order chi connectivity index (χ1) is 11.7. The van der Waals surface area contributed by atoms with Gasteiger partial charge in [0.15, 0.2) is 19.1 Å². The summed E-state index contributed by atoms with van der Waals surface area (Å²) in [6.07, 6.45) is 7.87. The smallest absolute Gasteiger partial charge is 0.237 e. The van der Waals surface area contributed by atoms with Gasteiger partial charge in [0.2, 0.25) is 11.8 Å². The first-order valence-electron chi connectivity index (χ1n) is 9.14. The molecule has 128 valence electrons. The van der Waals surface area contributed by atoms with Crippen LogP contribution in [0, 0.1) is 11.8 Å². The van der Waals surface area contributed by atoms with Crippen molar-refractivity contribution in [2.45, 2.75) is 25.7 Å². The van der Waals surface area contributed by atoms with Crippen LogP contribution >= 0.6 is 0 Å². The number of hydrogen-bond acceptors (Lipinski definition) is 3. The number of aromatic amines is 1. The largest absolute Gasteiger partial charge is 0.360 e. The normalized spacial score (nSPS) is 28.3. The number of pyridine rings is 1. The van der Waals surface area contributed by atoms with Gasteiger partial charge in [0.1, 0.15) is 0 Å². The molecular formula is C18H26N4O2+2. The number of anilines is 1. The standard InChI is InChI=1S/C18H24N4O2/c23-17-15-3-1-2-4-16(15)18(24)22(17)13-20-9-11-21(12-10-20)14-5-7-19-8-6-14/h5-8,15-16H,1-4,9-13H2/p+2/t15-,16-/m1/s1. The van der Waals surface area contributed by atoms with Gasteiger partial charge in [-0.2, -0.15) is 0 Å². The molecule has 3 fully saturated rings. The van der Waals surface area contributed by atoms with E-state index in [1.165, 1.54) is 10.6 Å². The number of aromatic nitrogens is 1. The molecule has 24 heavy (non-hydrogen) atoms. The van der Waals surface area contributed by atoms with Crippen molar-refractivity contribution in [2.75, 3.05) is 37.7 Å². The fraction of sp³-hybridized carbons (Fsp3) is 0.611. The molecule has 1 aromatic rings. The van der Waals surface area contributed by atoms with Gasteiger partial charge in [0.05, 0.1) is 38.0 Å². The number of nitrogens with one attached hydrogen (secondary N) is 2. The van der Waals surface area contributed by atoms with E-state index in [1.807, 2.05) is 12.4 Å². The number of carbonyl (C=O) groups is 2. The second kappa shape index (κ2) is 6.51. The third-order valence-corrected chi connectivity index (χ3v) is 5.85. The number of H-pyrrole nitrogens is 1. The van der Waals surface area contributed by atoms with Gasteiger partial charge < -0.3 is 9.80 Å². The van der Waals surface area contributed by atoms with Crippen LogP contribution < -0.4 is 14.8 Å². The highest BCUT2D eigenvalue weighted by molar-refractivity contribution is 6.05. The molecule has 0 unspecified atom stereocenters. The third kappa shape index (κ3) is 2.79. The van der Waals surface area contributed by atoms with E-state index in [2.05, 4.69) is 22.0 Å². The zero-order chi connectivity index (χ0) is 16.5. The molecule has 2 amide bonds. The Morgan fingerprint density at radius 1 is 1.00 bits per heavy atom. The van der Waals surface area contributed by atoms with Gasteiger partial charge >= 0.3 is 0 Å². The topological polar surface area (TPSA) is 59.2 Å². The maximum Gasteiger partial charge on any atom is 0.237 e. The highest BCUT2D eigenvalue weighted by Crippen LogP contribution is 2.37. The number of likely N-dealkylation sites (tertiary alicyclic amines) is 1. The number of amides is 2. The molecule has 6 heteroatoms. The summed E-state index contributed by atoms with van der Waals surface area (Å²) < 4.78 is 0. The van der Waals surface area contributed by atoms with E-state index in [0.29, 0.717) is 6.67 Å². The lowest BCUT2D eigenvalue weighted by molar-refractivity contribution is -0.908. The number of nitrogens with zero attached hydrogens (tertiary/aromatic N) is 2. The van der Waals surface area contributed by atoms with Crippen molar-refractivity contribution in [3.8, 4) is 0 Å². The van der Waals surface area contributed by atoms with Gasteiger partial charge in [0.25, 0.3) is 0 Å². The number of carbonyl (C=O) groups excluding carboxylic acids is 2. The van der Waals surface area contributed by atoms with Crippen molar-refractivity contribution in [1.29, 1.82) is 0 Å². The number of rotatable bonds is 3. The monoisotopic (exact) mass is 330 g/mol. The Morgan fingerprint density at radius 2 is 1.58 bits per heavy atom. The summed E-state index contributed by atoms with van der Waals surface area (Å²) in [5.74, 6) is 0.150. The van der Waals surface area contributed by atoms with Crippen molar-refractivity contribution < 1.29 is 19.5 Å². The van der Waals surface area contributed by atoms with Gasteiger partial charge in [-0.15, -0.1) is 0 Å². The van der Waals surface area contributed by atoms with E-state index in [9.17, 15) is 9.59 Å². The molecule has 1 aliphatic carbocycles. The molecular weight excluding hydrogens is 304 g/mol. The summed E-state index contributed by atoms with van der Waals surface area (Å²) in [5.41, 5.74) is 1.23. The summed E-state index contributed by atoms with van der Waals surface area (Å²) in [7, 11) is 0. The molecule has 3 heterocycles. The summed E-state index contributed by atoms with van der Waals surface area (Å²) in [5, 5.41) is 0. The third-order valence-electron chi connectivity index (χ3n) is 5.85. The highest BCUT2D eigenvalue weighted by atomic mass is 16.2. The van der Waals surface area contributed by atoms with Crippen LogP contribution in [0.5, 0.6) is 0 Å². The van der Waals surface area contributed by atoms with Crippen molar-refractivity contribution in [3.63, 3.8) is 0 Å². The van der Waals surface area contributed by atoms with E-state index in [1.54, 1.807) is 4.90 Å². The average Bonchev–Trinajstić information content (AvgIpc) is 2.88. The van der Waals surface area contributed by atoms with E-state index in [0.717, 1.165) is 51.9 Å². The minimum atomic E-state index is -0.0208. The average molecular weight is 330 g/mol. The molecule has 6 nitrogen and oxygen atoms in total. The highest BCUT2D eigenvalue weighted by Gasteiger charge is 2.49. The second-order valence-electron chi connectivity index (χ2n) is 7.26. The van der Waals surface area contributed by atoms with E-state index < -0.39 is 0 Å². The van der Waals surface area contributed by atoms with Crippen LogP contribution in [-0.2, 0) is 9.59 Å². The molecule has 0 radical (unpaired) electrons. The van der Waals surface area contributed by atoms with Crippen LogP contribution in [0.2, 0.25) is 0 Å². The Bertz CT molecular complexity index is 589. The molecule has 3 aliphatic rings. The fourth-order valence-corrected chi connectivity index (χ4v) is 4.44. The van der Waals surface area contributed by atoms with Crippen molar-refractivity contribution in [2.24, 2.45) is 11.8 Å². The van der Waals surface area contributed by atoms with Gasteiger partial charge in [-0.3, -0.25) is 9.59 Å². The fourth-order valence-electron chi connectivity index (χ4n) is 4.44. The lowest BCUT2D eigenvalue weighted by Gasteiger charge is -2.34. The Kier molecular flexibility index (Phi) is 4.22. The Balaban J connectivity index is 1.35. The second-order valence-corrected chi connectivity index (χ2v) is 7.26. The van der Waals surface area contributed by atoms with Crippen LogP contribution in [-0.4, -0.2) is 49.6 Å². The molecule has 1 saturated carbocycles. The minimum absolute atomic E-state index is 0.0208. The maximum absolute atomic E-state index is 12.6. The molecule has 2 atom stereocenters. The van der Waals surface area contributed by atoms with Gasteiger partial charge in [0, 0.05) is 17.8 Å². The molecule has 2 N–H and O–H groups in total. The number of quaternary nitrogens is 1. The maximum atomic E-state index is 12.6. The molecule has 0 aromatic carbocycles. The van der Waals surface area contributed by atoms with Crippen LogP contribution in [0.25, 0.3) is 0 Å². The number of fused-ring (bicyclic) bond motifs is 1. The molecule has 0 spiro atoms. The van der Waals surface area contributed by atoms with Gasteiger partial charge in [-0.1, -0.05) is 12.8 Å². The summed E-state index contributed by atoms with van der Waals surface area (Å²) in [6.45, 7) is 4.40. The zero-order valence-corrected chi connectivity index (χ0v) is 14.0. The van der Waals surface area contributed by atoms with Crippen LogP contribution in [0.4, 0.5) is 5.69 Å². The molecule has 1 aromatic heterocycles. The van der Waals surface area contributed by atoms with Gasteiger partial charge in [-0.05, 0) is 12.8 Å². The Labute approximate surface area is 142 Å². The van der Waals surface area contributed by atoms with Gasteiger partial charge in [-0.25, -0.2) is 9.88 Å². The van der Waals surface area contributed by atoms with Crippen LogP contribution in [0.15, 0.2) is 24.5 Å². The van der Waals surface area contributed by atoms with Crippen molar-refractivity contribution in [3.05, 3.63) is 24.5 Å². The van der Waals surface area contributed by atoms with E-state index >= 15 is 0 Å². The zero-order valence-electron chi connectivity index (χ0n) is 14.0. The predicted molar refractivity (Wildman–Crippen MR) is 88.1 cm³/mol. The first kappa shape index (κ1) is 15.6.